The molecular formula is C15H20N2S2. The molecule has 2 heterocycles. The van der Waals surface area contributed by atoms with Gasteiger partial charge < -0.3 is 5.32 Å². The van der Waals surface area contributed by atoms with Gasteiger partial charge in [-0.15, -0.1) is 22.7 Å². The van der Waals surface area contributed by atoms with E-state index in [4.69, 9.17) is 4.98 Å². The third-order valence-electron chi connectivity index (χ3n) is 3.40. The topological polar surface area (TPSA) is 24.9 Å². The molecule has 2 nitrogen and oxygen atoms in total. The monoisotopic (exact) mass is 292 g/mol. The lowest BCUT2D eigenvalue weighted by Gasteiger charge is -2.18. The molecular weight excluding hydrogens is 272 g/mol. The molecule has 0 amide bonds. The number of thiazole rings is 1. The van der Waals surface area contributed by atoms with Gasteiger partial charge in [0.05, 0.1) is 11.7 Å². The van der Waals surface area contributed by atoms with Crippen molar-refractivity contribution >= 4 is 22.7 Å². The lowest BCUT2D eigenvalue weighted by molar-refractivity contribution is 0.531. The Morgan fingerprint density at radius 1 is 1.21 bits per heavy atom. The molecule has 102 valence electrons. The lowest BCUT2D eigenvalue weighted by atomic mass is 10.2. The van der Waals surface area contributed by atoms with Crippen LogP contribution in [0.15, 0.2) is 12.1 Å². The average Bonchev–Trinajstić information content (AvgIpc) is 2.99. The van der Waals surface area contributed by atoms with Crippen molar-refractivity contribution in [2.45, 2.75) is 52.1 Å². The molecule has 4 heteroatoms. The number of hydrogen-bond acceptors (Lipinski definition) is 4. The largest absolute Gasteiger partial charge is 0.301 e. The second-order valence-electron chi connectivity index (χ2n) is 5.48. The number of nitrogens with zero attached hydrogens (tertiary/aromatic N) is 1. The maximum absolute atomic E-state index is 4.89. The number of aromatic nitrogens is 1. The van der Waals surface area contributed by atoms with Gasteiger partial charge in [-0.3, -0.25) is 0 Å². The molecule has 0 saturated carbocycles. The summed E-state index contributed by atoms with van der Waals surface area (Å²) in [5.74, 6) is 0. The third-order valence-corrected chi connectivity index (χ3v) is 5.69. The van der Waals surface area contributed by atoms with Crippen LogP contribution < -0.4 is 5.32 Å². The predicted molar refractivity (Wildman–Crippen MR) is 83.3 cm³/mol. The first-order valence-corrected chi connectivity index (χ1v) is 8.57. The number of rotatable bonds is 4. The number of nitrogens with one attached hydrogen (secondary N) is 1. The maximum atomic E-state index is 4.89. The minimum Gasteiger partial charge on any atom is -0.301 e. The fraction of sp³-hybridized carbons (Fsp3) is 0.533. The Kier molecular flexibility index (Phi) is 3.74. The summed E-state index contributed by atoms with van der Waals surface area (Å²) in [6, 6.07) is 5.18. The lowest BCUT2D eigenvalue weighted by Crippen LogP contribution is -2.28. The number of hydrogen-bond donors (Lipinski definition) is 1. The quantitative estimate of drug-likeness (QED) is 0.918. The van der Waals surface area contributed by atoms with Gasteiger partial charge in [0.15, 0.2) is 0 Å². The minimum absolute atomic E-state index is 0.272. The van der Waals surface area contributed by atoms with Gasteiger partial charge in [0.2, 0.25) is 0 Å². The van der Waals surface area contributed by atoms with Gasteiger partial charge in [0.25, 0.3) is 0 Å². The zero-order chi connectivity index (χ0) is 13.4. The standard InChI is InChI=1S/C15H20N2S2/c1-9(2)16-14(13-8-7-10(3)18-13)15-17-11-5-4-6-12(11)19-15/h7-9,14,16H,4-6H2,1-3H3. The van der Waals surface area contributed by atoms with Gasteiger partial charge in [0, 0.05) is 20.7 Å². The highest BCUT2D eigenvalue weighted by Crippen LogP contribution is 2.35. The molecule has 3 rings (SSSR count). The van der Waals surface area contributed by atoms with E-state index >= 15 is 0 Å². The Labute approximate surface area is 122 Å². The van der Waals surface area contributed by atoms with E-state index in [1.165, 1.54) is 44.6 Å². The van der Waals surface area contributed by atoms with Crippen LogP contribution in [0.3, 0.4) is 0 Å². The Morgan fingerprint density at radius 3 is 2.68 bits per heavy atom. The van der Waals surface area contributed by atoms with Crippen molar-refractivity contribution in [3.8, 4) is 0 Å². The molecule has 0 aromatic carbocycles. The van der Waals surface area contributed by atoms with E-state index in [0.29, 0.717) is 6.04 Å². The van der Waals surface area contributed by atoms with Crippen molar-refractivity contribution in [2.75, 3.05) is 0 Å². The summed E-state index contributed by atoms with van der Waals surface area (Å²) in [4.78, 5) is 9.16. The van der Waals surface area contributed by atoms with Crippen LogP contribution >= 0.6 is 22.7 Å². The van der Waals surface area contributed by atoms with Crippen LogP contribution in [0.1, 0.15) is 51.6 Å². The maximum Gasteiger partial charge on any atom is 0.116 e. The zero-order valence-corrected chi connectivity index (χ0v) is 13.3. The van der Waals surface area contributed by atoms with Gasteiger partial charge in [-0.05, 0) is 52.2 Å². The van der Waals surface area contributed by atoms with E-state index < -0.39 is 0 Å². The summed E-state index contributed by atoms with van der Waals surface area (Å²) in [6.07, 6.45) is 3.68. The summed E-state index contributed by atoms with van der Waals surface area (Å²) in [7, 11) is 0. The van der Waals surface area contributed by atoms with E-state index in [1.807, 2.05) is 22.7 Å². The van der Waals surface area contributed by atoms with Crippen LogP contribution in [0.5, 0.6) is 0 Å². The van der Waals surface area contributed by atoms with Crippen molar-refractivity contribution < 1.29 is 0 Å². The van der Waals surface area contributed by atoms with Crippen LogP contribution in [0.2, 0.25) is 0 Å². The highest BCUT2D eigenvalue weighted by molar-refractivity contribution is 7.13. The molecule has 1 aliphatic rings. The average molecular weight is 292 g/mol. The van der Waals surface area contributed by atoms with Gasteiger partial charge in [-0.2, -0.15) is 0 Å². The van der Waals surface area contributed by atoms with E-state index in [-0.39, 0.29) is 6.04 Å². The number of aryl methyl sites for hydroxylation is 3. The third kappa shape index (κ3) is 2.76. The molecule has 0 radical (unpaired) electrons. The summed E-state index contributed by atoms with van der Waals surface area (Å²) < 4.78 is 0. The van der Waals surface area contributed by atoms with Crippen molar-refractivity contribution in [1.82, 2.24) is 10.3 Å². The van der Waals surface area contributed by atoms with E-state index in [0.717, 1.165) is 0 Å². The SMILES string of the molecule is Cc1ccc(C(NC(C)C)c2nc3c(s2)CCC3)s1. The fourth-order valence-corrected chi connectivity index (χ4v) is 4.80. The first-order valence-electron chi connectivity index (χ1n) is 6.94. The first-order chi connectivity index (χ1) is 9.13. The zero-order valence-electron chi connectivity index (χ0n) is 11.7. The Hall–Kier alpha value is -0.710. The molecule has 0 spiro atoms. The van der Waals surface area contributed by atoms with Gasteiger partial charge >= 0.3 is 0 Å². The van der Waals surface area contributed by atoms with Crippen LogP contribution in [0.4, 0.5) is 0 Å². The smallest absolute Gasteiger partial charge is 0.116 e. The number of fused-ring (bicyclic) bond motifs is 1. The van der Waals surface area contributed by atoms with Gasteiger partial charge in [0.1, 0.15) is 5.01 Å². The van der Waals surface area contributed by atoms with Crippen LogP contribution in [-0.4, -0.2) is 11.0 Å². The summed E-state index contributed by atoms with van der Waals surface area (Å²) >= 11 is 3.79. The summed E-state index contributed by atoms with van der Waals surface area (Å²) in [5, 5.41) is 4.92. The Bertz CT molecular complexity index is 547. The fourth-order valence-electron chi connectivity index (χ4n) is 2.55. The van der Waals surface area contributed by atoms with Crippen LogP contribution in [0, 0.1) is 6.92 Å². The molecule has 1 unspecified atom stereocenters. The highest BCUT2D eigenvalue weighted by atomic mass is 32.1. The highest BCUT2D eigenvalue weighted by Gasteiger charge is 2.24. The summed E-state index contributed by atoms with van der Waals surface area (Å²) in [6.45, 7) is 6.58. The van der Waals surface area contributed by atoms with Crippen molar-refractivity contribution in [3.05, 3.63) is 37.5 Å². The van der Waals surface area contributed by atoms with E-state index in [1.54, 1.807) is 0 Å². The predicted octanol–water partition coefficient (Wildman–Crippen LogP) is 4.09. The Balaban J connectivity index is 1.93. The molecule has 1 N–H and O–H groups in total. The van der Waals surface area contributed by atoms with Crippen molar-refractivity contribution in [2.24, 2.45) is 0 Å². The van der Waals surface area contributed by atoms with Crippen molar-refractivity contribution in [1.29, 1.82) is 0 Å². The van der Waals surface area contributed by atoms with Crippen LogP contribution in [-0.2, 0) is 12.8 Å². The first kappa shape index (κ1) is 13.3. The molecule has 2 aromatic heterocycles. The molecule has 1 aliphatic carbocycles. The Morgan fingerprint density at radius 2 is 2.05 bits per heavy atom. The molecule has 19 heavy (non-hydrogen) atoms. The van der Waals surface area contributed by atoms with Gasteiger partial charge in [-0.1, -0.05) is 0 Å². The van der Waals surface area contributed by atoms with Crippen molar-refractivity contribution in [3.63, 3.8) is 0 Å². The second-order valence-corrected chi connectivity index (χ2v) is 7.91. The van der Waals surface area contributed by atoms with E-state index in [9.17, 15) is 0 Å². The molecule has 0 aliphatic heterocycles. The molecule has 0 saturated heterocycles. The normalized spacial score (nSPS) is 16.0. The molecule has 2 aromatic rings. The summed E-state index contributed by atoms with van der Waals surface area (Å²) in [5.41, 5.74) is 1.35. The molecule has 0 bridgehead atoms. The number of thiophene rings is 1. The minimum atomic E-state index is 0.272. The van der Waals surface area contributed by atoms with Crippen LogP contribution in [0.25, 0.3) is 0 Å². The second kappa shape index (κ2) is 5.35. The molecule has 1 atom stereocenters. The molecule has 0 fully saturated rings. The van der Waals surface area contributed by atoms with E-state index in [2.05, 4.69) is 38.2 Å². The van der Waals surface area contributed by atoms with Gasteiger partial charge in [-0.25, -0.2) is 4.98 Å².